The van der Waals surface area contributed by atoms with Gasteiger partial charge in [-0.2, -0.15) is 0 Å². The maximum atomic E-state index is 6.15. The van der Waals surface area contributed by atoms with Gasteiger partial charge in [0.2, 0.25) is 0 Å². The Kier molecular flexibility index (Phi) is 10.0. The Morgan fingerprint density at radius 3 is 2.41 bits per heavy atom. The highest BCUT2D eigenvalue weighted by Crippen LogP contribution is 2.21. The van der Waals surface area contributed by atoms with Crippen molar-refractivity contribution in [2.45, 2.75) is 60.4 Å². The van der Waals surface area contributed by atoms with Crippen molar-refractivity contribution < 1.29 is 0 Å². The van der Waals surface area contributed by atoms with Gasteiger partial charge in [-0.15, -0.1) is 0 Å². The molecule has 1 aromatic heterocycles. The van der Waals surface area contributed by atoms with E-state index >= 15 is 0 Å². The van der Waals surface area contributed by atoms with Gasteiger partial charge in [0.05, 0.1) is 5.69 Å². The lowest BCUT2D eigenvalue weighted by atomic mass is 10.1. The van der Waals surface area contributed by atoms with E-state index in [1.54, 1.807) is 0 Å². The molecule has 0 unspecified atom stereocenters. The van der Waals surface area contributed by atoms with Crippen LogP contribution in [0.25, 0.3) is 5.57 Å². The minimum atomic E-state index is 0.139. The van der Waals surface area contributed by atoms with Gasteiger partial charge in [-0.3, -0.25) is 4.98 Å². The molecule has 124 valence electrons. The van der Waals surface area contributed by atoms with Gasteiger partial charge in [-0.05, 0) is 46.8 Å². The molecule has 0 bridgehead atoms. The molecule has 1 N–H and O–H groups in total. The Morgan fingerprint density at radius 1 is 1.27 bits per heavy atom. The molecule has 2 nitrogen and oxygen atoms in total. The fourth-order valence-electron chi connectivity index (χ4n) is 1.88. The Morgan fingerprint density at radius 2 is 1.91 bits per heavy atom. The van der Waals surface area contributed by atoms with Crippen LogP contribution in [-0.2, 0) is 6.42 Å². The van der Waals surface area contributed by atoms with Gasteiger partial charge >= 0.3 is 0 Å². The van der Waals surface area contributed by atoms with Gasteiger partial charge in [0.15, 0.2) is 0 Å². The quantitative estimate of drug-likeness (QED) is 0.715. The van der Waals surface area contributed by atoms with Crippen molar-refractivity contribution in [2.24, 2.45) is 0 Å². The molecule has 0 saturated carbocycles. The first-order valence-corrected chi connectivity index (χ1v) is 8.41. The number of rotatable bonds is 5. The monoisotopic (exact) mass is 322 g/mol. The fourth-order valence-corrected chi connectivity index (χ4v) is 2.04. The highest BCUT2D eigenvalue weighted by atomic mass is 35.5. The SMILES string of the molecule is C/C=C\C(=C(/C)Cl)c1cccc(CCNC(C)(C)C)n1.CC. The molecule has 3 heteroatoms. The smallest absolute Gasteiger partial charge is 0.0716 e. The lowest BCUT2D eigenvalue weighted by Gasteiger charge is -2.20. The van der Waals surface area contributed by atoms with E-state index in [9.17, 15) is 0 Å². The third kappa shape index (κ3) is 8.35. The standard InChI is InChI=1S/C17H25ClN2.C2H6/c1-6-8-15(13(2)18)16-10-7-9-14(20-16)11-12-19-17(3,4)5;1-2/h6-10,19H,11-12H2,1-5H3;1-2H3/b8-6-,15-13-;. The lowest BCUT2D eigenvalue weighted by molar-refractivity contribution is 0.428. The van der Waals surface area contributed by atoms with Gasteiger partial charge < -0.3 is 5.32 Å². The summed E-state index contributed by atoms with van der Waals surface area (Å²) in [5.74, 6) is 0. The minimum Gasteiger partial charge on any atom is -0.312 e. The second kappa shape index (κ2) is 10.6. The molecule has 0 aliphatic rings. The van der Waals surface area contributed by atoms with Crippen LogP contribution in [0.5, 0.6) is 0 Å². The first kappa shape index (κ1) is 20.9. The van der Waals surface area contributed by atoms with E-state index in [0.717, 1.165) is 35.0 Å². The lowest BCUT2D eigenvalue weighted by Crippen LogP contribution is -2.37. The molecule has 0 amide bonds. The van der Waals surface area contributed by atoms with E-state index in [4.69, 9.17) is 16.6 Å². The molecule has 0 aliphatic carbocycles. The molecule has 0 radical (unpaired) electrons. The van der Waals surface area contributed by atoms with Crippen LogP contribution in [0.1, 0.15) is 59.9 Å². The van der Waals surface area contributed by atoms with Crippen LogP contribution < -0.4 is 5.32 Å². The number of halogens is 1. The zero-order chi connectivity index (χ0) is 17.2. The van der Waals surface area contributed by atoms with Crippen LogP contribution in [0.3, 0.4) is 0 Å². The highest BCUT2D eigenvalue weighted by molar-refractivity contribution is 6.32. The van der Waals surface area contributed by atoms with Gasteiger partial charge in [0.25, 0.3) is 0 Å². The number of hydrogen-bond donors (Lipinski definition) is 1. The molecule has 0 saturated heterocycles. The van der Waals surface area contributed by atoms with Gasteiger partial charge in [-0.1, -0.05) is 43.7 Å². The van der Waals surface area contributed by atoms with Gasteiger partial charge in [-0.25, -0.2) is 0 Å². The van der Waals surface area contributed by atoms with E-state index in [-0.39, 0.29) is 5.54 Å². The largest absolute Gasteiger partial charge is 0.312 e. The highest BCUT2D eigenvalue weighted by Gasteiger charge is 2.09. The number of allylic oxidation sites excluding steroid dienone is 4. The molecule has 0 fully saturated rings. The van der Waals surface area contributed by atoms with E-state index in [1.165, 1.54) is 0 Å². The second-order valence-corrected chi connectivity index (χ2v) is 6.46. The average molecular weight is 323 g/mol. The summed E-state index contributed by atoms with van der Waals surface area (Å²) in [6.45, 7) is 15.3. The maximum Gasteiger partial charge on any atom is 0.0716 e. The summed E-state index contributed by atoms with van der Waals surface area (Å²) in [5.41, 5.74) is 3.14. The predicted molar refractivity (Wildman–Crippen MR) is 100 cm³/mol. The van der Waals surface area contributed by atoms with E-state index < -0.39 is 0 Å². The summed E-state index contributed by atoms with van der Waals surface area (Å²) < 4.78 is 0. The van der Waals surface area contributed by atoms with Crippen LogP contribution in [0.15, 0.2) is 35.4 Å². The second-order valence-electron chi connectivity index (χ2n) is 5.89. The molecule has 0 aromatic carbocycles. The molecule has 0 aliphatic heterocycles. The molecule has 0 spiro atoms. The summed E-state index contributed by atoms with van der Waals surface area (Å²) in [6.07, 6.45) is 4.90. The zero-order valence-corrected chi connectivity index (χ0v) is 15.9. The van der Waals surface area contributed by atoms with Crippen LogP contribution in [0.4, 0.5) is 0 Å². The predicted octanol–water partition coefficient (Wildman–Crippen LogP) is 5.58. The third-order valence-electron chi connectivity index (χ3n) is 2.82. The van der Waals surface area contributed by atoms with E-state index in [0.29, 0.717) is 0 Å². The van der Waals surface area contributed by atoms with E-state index in [1.807, 2.05) is 52.0 Å². The van der Waals surface area contributed by atoms with Gasteiger partial charge in [0.1, 0.15) is 0 Å². The Labute approximate surface area is 141 Å². The Balaban J connectivity index is 0.00000211. The topological polar surface area (TPSA) is 24.9 Å². The van der Waals surface area contributed by atoms with Crippen LogP contribution >= 0.6 is 11.6 Å². The summed E-state index contributed by atoms with van der Waals surface area (Å²) >= 11 is 6.15. The number of aromatic nitrogens is 1. The molecular weight excluding hydrogens is 292 g/mol. The number of pyridine rings is 1. The van der Waals surface area contributed by atoms with Crippen molar-refractivity contribution in [3.8, 4) is 0 Å². The summed E-state index contributed by atoms with van der Waals surface area (Å²) in [4.78, 5) is 4.70. The Bertz CT molecular complexity index is 492. The van der Waals surface area contributed by atoms with Crippen molar-refractivity contribution in [2.75, 3.05) is 6.54 Å². The van der Waals surface area contributed by atoms with Crippen LogP contribution in [0, 0.1) is 0 Å². The third-order valence-corrected chi connectivity index (χ3v) is 3.03. The fraction of sp³-hybridized carbons (Fsp3) is 0.526. The van der Waals surface area contributed by atoms with Crippen LogP contribution in [0.2, 0.25) is 0 Å². The molecule has 1 rings (SSSR count). The molecule has 22 heavy (non-hydrogen) atoms. The van der Waals surface area contributed by atoms with Crippen LogP contribution in [-0.4, -0.2) is 17.1 Å². The first-order chi connectivity index (χ1) is 10.3. The summed E-state index contributed by atoms with van der Waals surface area (Å²) in [7, 11) is 0. The van der Waals surface area contributed by atoms with Gasteiger partial charge in [0, 0.05) is 34.8 Å². The number of hydrogen-bond acceptors (Lipinski definition) is 2. The average Bonchev–Trinajstić information content (AvgIpc) is 2.45. The maximum absolute atomic E-state index is 6.15. The van der Waals surface area contributed by atoms with Crippen molar-refractivity contribution in [1.82, 2.24) is 10.3 Å². The van der Waals surface area contributed by atoms with E-state index in [2.05, 4.69) is 32.2 Å². The molecular formula is C19H31ClN2. The number of nitrogens with one attached hydrogen (secondary N) is 1. The summed E-state index contributed by atoms with van der Waals surface area (Å²) in [5, 5.41) is 4.24. The normalized spacial score (nSPS) is 12.7. The zero-order valence-electron chi connectivity index (χ0n) is 15.1. The minimum absolute atomic E-state index is 0.139. The number of nitrogens with zero attached hydrogens (tertiary/aromatic N) is 1. The first-order valence-electron chi connectivity index (χ1n) is 8.04. The van der Waals surface area contributed by atoms with Crippen molar-refractivity contribution in [3.63, 3.8) is 0 Å². The molecule has 1 aromatic rings. The summed E-state index contributed by atoms with van der Waals surface area (Å²) in [6, 6.07) is 6.10. The van der Waals surface area contributed by atoms with Crippen molar-refractivity contribution in [3.05, 3.63) is 46.8 Å². The van der Waals surface area contributed by atoms with Crippen molar-refractivity contribution in [1.29, 1.82) is 0 Å². The van der Waals surface area contributed by atoms with Crippen molar-refractivity contribution >= 4 is 17.2 Å². The Hall–Kier alpha value is -1.12. The molecule has 0 atom stereocenters. The molecule has 1 heterocycles.